The molecule has 34 heavy (non-hydrogen) atoms. The smallest absolute Gasteiger partial charge is 0.243 e. The zero-order valence-electron chi connectivity index (χ0n) is 19.7. The van der Waals surface area contributed by atoms with Crippen molar-refractivity contribution < 1.29 is 9.59 Å². The zero-order chi connectivity index (χ0) is 24.7. The summed E-state index contributed by atoms with van der Waals surface area (Å²) in [6, 6.07) is 24.2. The fourth-order valence-corrected chi connectivity index (χ4v) is 4.39. The van der Waals surface area contributed by atoms with Crippen molar-refractivity contribution in [3.05, 3.63) is 105 Å². The van der Waals surface area contributed by atoms with E-state index in [0.29, 0.717) is 18.0 Å². The molecule has 0 heterocycles. The van der Waals surface area contributed by atoms with Crippen molar-refractivity contribution in [1.29, 1.82) is 0 Å². The SMILES string of the molecule is CC(C)(C)NC(=O)[C@@H](Cc1ccccc1)N(Cc1cccc(Br)c1)C(=O)Cc1ccccc1Cl. The van der Waals surface area contributed by atoms with Gasteiger partial charge in [-0.15, -0.1) is 0 Å². The number of hydrogen-bond donors (Lipinski definition) is 1. The molecule has 0 aliphatic rings. The largest absolute Gasteiger partial charge is 0.350 e. The van der Waals surface area contributed by atoms with Crippen molar-refractivity contribution >= 4 is 39.3 Å². The minimum atomic E-state index is -0.685. The van der Waals surface area contributed by atoms with Crippen LogP contribution in [0.5, 0.6) is 0 Å². The topological polar surface area (TPSA) is 49.4 Å². The van der Waals surface area contributed by atoms with Gasteiger partial charge in [0.1, 0.15) is 6.04 Å². The van der Waals surface area contributed by atoms with Crippen LogP contribution in [0, 0.1) is 0 Å². The van der Waals surface area contributed by atoms with Gasteiger partial charge in [0.2, 0.25) is 11.8 Å². The van der Waals surface area contributed by atoms with Gasteiger partial charge in [-0.2, -0.15) is 0 Å². The average Bonchev–Trinajstić information content (AvgIpc) is 2.77. The number of carbonyl (C=O) groups excluding carboxylic acids is 2. The van der Waals surface area contributed by atoms with Crippen molar-refractivity contribution in [2.75, 3.05) is 0 Å². The van der Waals surface area contributed by atoms with Gasteiger partial charge in [0.05, 0.1) is 6.42 Å². The Morgan fingerprint density at radius 3 is 2.24 bits per heavy atom. The number of nitrogens with zero attached hydrogens (tertiary/aromatic N) is 1. The fourth-order valence-electron chi connectivity index (χ4n) is 3.75. The lowest BCUT2D eigenvalue weighted by molar-refractivity contribution is -0.141. The van der Waals surface area contributed by atoms with E-state index in [4.69, 9.17) is 11.6 Å². The number of rotatable bonds is 8. The number of halogens is 2. The minimum absolute atomic E-state index is 0.113. The highest BCUT2D eigenvalue weighted by Crippen LogP contribution is 2.21. The average molecular weight is 542 g/mol. The van der Waals surface area contributed by atoms with Crippen LogP contribution >= 0.6 is 27.5 Å². The van der Waals surface area contributed by atoms with Gasteiger partial charge < -0.3 is 10.2 Å². The fraction of sp³-hybridized carbons (Fsp3) is 0.286. The summed E-state index contributed by atoms with van der Waals surface area (Å²) in [5.41, 5.74) is 2.23. The van der Waals surface area contributed by atoms with Crippen LogP contribution in [-0.4, -0.2) is 28.3 Å². The van der Waals surface area contributed by atoms with E-state index in [0.717, 1.165) is 21.2 Å². The summed E-state index contributed by atoms with van der Waals surface area (Å²) in [4.78, 5) is 29.0. The first-order valence-corrected chi connectivity index (χ1v) is 12.4. The Balaban J connectivity index is 2.00. The Morgan fingerprint density at radius 1 is 0.941 bits per heavy atom. The Bertz CT molecular complexity index is 1130. The normalized spacial score (nSPS) is 12.1. The van der Waals surface area contributed by atoms with Gasteiger partial charge in [-0.1, -0.05) is 88.2 Å². The highest BCUT2D eigenvalue weighted by atomic mass is 79.9. The van der Waals surface area contributed by atoms with Crippen molar-refractivity contribution in [2.24, 2.45) is 0 Å². The lowest BCUT2D eigenvalue weighted by Crippen LogP contribution is -2.54. The lowest BCUT2D eigenvalue weighted by atomic mass is 10.00. The zero-order valence-corrected chi connectivity index (χ0v) is 22.1. The summed E-state index contributed by atoms with van der Waals surface area (Å²) in [5.74, 6) is -0.336. The molecule has 3 rings (SSSR count). The molecule has 0 aromatic heterocycles. The summed E-state index contributed by atoms with van der Waals surface area (Å²) >= 11 is 9.87. The summed E-state index contributed by atoms with van der Waals surface area (Å²) in [6.07, 6.45) is 0.521. The third kappa shape index (κ3) is 7.71. The molecule has 0 fully saturated rings. The van der Waals surface area contributed by atoms with Gasteiger partial charge in [-0.05, 0) is 55.7 Å². The molecule has 0 bridgehead atoms. The third-order valence-corrected chi connectivity index (χ3v) is 6.17. The van der Waals surface area contributed by atoms with Gasteiger partial charge in [0.25, 0.3) is 0 Å². The predicted octanol–water partition coefficient (Wildman–Crippen LogP) is 6.20. The Morgan fingerprint density at radius 2 is 1.59 bits per heavy atom. The Labute approximate surface area is 215 Å². The van der Waals surface area contributed by atoms with Crippen LogP contribution in [0.25, 0.3) is 0 Å². The lowest BCUT2D eigenvalue weighted by Gasteiger charge is -2.34. The van der Waals surface area contributed by atoms with E-state index in [2.05, 4.69) is 21.2 Å². The number of nitrogens with one attached hydrogen (secondary N) is 1. The maximum absolute atomic E-state index is 13.7. The molecule has 4 nitrogen and oxygen atoms in total. The summed E-state index contributed by atoms with van der Waals surface area (Å²) in [7, 11) is 0. The van der Waals surface area contributed by atoms with Crippen molar-refractivity contribution in [1.82, 2.24) is 10.2 Å². The van der Waals surface area contributed by atoms with E-state index < -0.39 is 11.6 Å². The third-order valence-electron chi connectivity index (χ3n) is 5.31. The number of benzene rings is 3. The van der Waals surface area contributed by atoms with Crippen LogP contribution in [0.1, 0.15) is 37.5 Å². The van der Waals surface area contributed by atoms with E-state index in [-0.39, 0.29) is 18.2 Å². The maximum Gasteiger partial charge on any atom is 0.243 e. The standard InChI is InChI=1S/C28H30BrClN2O2/c1-28(2,3)31-27(34)25(17-20-10-5-4-6-11-20)32(19-21-12-9-14-23(29)16-21)26(33)18-22-13-7-8-15-24(22)30/h4-16,25H,17-19H2,1-3H3,(H,31,34)/t25-/m1/s1. The highest BCUT2D eigenvalue weighted by Gasteiger charge is 2.32. The van der Waals surface area contributed by atoms with Gasteiger partial charge in [-0.3, -0.25) is 9.59 Å². The first-order valence-electron chi connectivity index (χ1n) is 11.3. The second-order valence-corrected chi connectivity index (χ2v) is 10.7. The van der Waals surface area contributed by atoms with E-state index in [1.165, 1.54) is 0 Å². The minimum Gasteiger partial charge on any atom is -0.350 e. The molecule has 0 radical (unpaired) electrons. The molecular formula is C28H30BrClN2O2. The van der Waals surface area contributed by atoms with Crippen molar-refractivity contribution in [3.8, 4) is 0 Å². The number of amides is 2. The molecule has 6 heteroatoms. The first-order chi connectivity index (χ1) is 16.1. The molecule has 2 amide bonds. The Kier molecular flexibility index (Phi) is 8.92. The van der Waals surface area contributed by atoms with E-state index in [1.807, 2.05) is 93.6 Å². The molecule has 0 saturated heterocycles. The summed E-state index contributed by atoms with van der Waals surface area (Å²) in [5, 5.41) is 3.62. The molecule has 0 saturated carbocycles. The quantitative estimate of drug-likeness (QED) is 0.369. The molecule has 1 N–H and O–H groups in total. The summed E-state index contributed by atoms with van der Waals surface area (Å²) in [6.45, 7) is 6.12. The molecule has 0 spiro atoms. The van der Waals surface area contributed by atoms with Crippen LogP contribution < -0.4 is 5.32 Å². The van der Waals surface area contributed by atoms with Gasteiger partial charge in [0, 0.05) is 28.0 Å². The highest BCUT2D eigenvalue weighted by molar-refractivity contribution is 9.10. The van der Waals surface area contributed by atoms with Crippen molar-refractivity contribution in [2.45, 2.75) is 51.7 Å². The van der Waals surface area contributed by atoms with Gasteiger partial charge >= 0.3 is 0 Å². The predicted molar refractivity (Wildman–Crippen MR) is 142 cm³/mol. The van der Waals surface area contributed by atoms with E-state index in [1.54, 1.807) is 11.0 Å². The Hall–Kier alpha value is -2.63. The van der Waals surface area contributed by atoms with Crippen LogP contribution in [-0.2, 0) is 29.0 Å². The van der Waals surface area contributed by atoms with Crippen LogP contribution in [0.15, 0.2) is 83.3 Å². The van der Waals surface area contributed by atoms with E-state index >= 15 is 0 Å². The van der Waals surface area contributed by atoms with E-state index in [9.17, 15) is 9.59 Å². The van der Waals surface area contributed by atoms with Crippen LogP contribution in [0.3, 0.4) is 0 Å². The molecule has 0 aliphatic heterocycles. The van der Waals surface area contributed by atoms with Gasteiger partial charge in [-0.25, -0.2) is 0 Å². The maximum atomic E-state index is 13.7. The summed E-state index contributed by atoms with van der Waals surface area (Å²) < 4.78 is 0.919. The first kappa shape index (κ1) is 26.0. The number of hydrogen-bond acceptors (Lipinski definition) is 2. The second-order valence-electron chi connectivity index (χ2n) is 9.36. The molecule has 178 valence electrons. The van der Waals surface area contributed by atoms with Crippen LogP contribution in [0.4, 0.5) is 0 Å². The molecular weight excluding hydrogens is 512 g/mol. The molecule has 0 aliphatic carbocycles. The second kappa shape index (κ2) is 11.7. The molecule has 3 aromatic carbocycles. The molecule has 1 atom stereocenters. The monoisotopic (exact) mass is 540 g/mol. The number of carbonyl (C=O) groups is 2. The van der Waals surface area contributed by atoms with Crippen LogP contribution in [0.2, 0.25) is 5.02 Å². The molecule has 0 unspecified atom stereocenters. The van der Waals surface area contributed by atoms with Gasteiger partial charge in [0.15, 0.2) is 0 Å². The molecule has 3 aromatic rings. The van der Waals surface area contributed by atoms with Crippen molar-refractivity contribution in [3.63, 3.8) is 0 Å².